The zero-order valence-corrected chi connectivity index (χ0v) is 11.7. The fraction of sp³-hybridized carbons (Fsp3) is 0.933. The second kappa shape index (κ2) is 4.29. The summed E-state index contributed by atoms with van der Waals surface area (Å²) in [5.74, 6) is 0.683. The average molecular weight is 238 g/mol. The van der Waals surface area contributed by atoms with Crippen molar-refractivity contribution in [3.63, 3.8) is 0 Å². The van der Waals surface area contributed by atoms with Crippen LogP contribution >= 0.6 is 0 Å². The van der Waals surface area contributed by atoms with Crippen LogP contribution in [0.25, 0.3) is 0 Å². The third-order valence-electron chi connectivity index (χ3n) is 5.16. The number of carbonyl (C=O) groups is 1. The van der Waals surface area contributed by atoms with Crippen LogP contribution in [0.4, 0.5) is 0 Å². The van der Waals surface area contributed by atoms with Crippen LogP contribution in [0.15, 0.2) is 0 Å². The number of carbonyl (C=O) groups excluding carboxylic acids is 1. The molecule has 0 radical (unpaired) electrons. The lowest BCUT2D eigenvalue weighted by Crippen LogP contribution is -2.47. The van der Waals surface area contributed by atoms with E-state index in [9.17, 15) is 4.79 Å². The van der Waals surface area contributed by atoms with Crippen LogP contribution in [0.1, 0.15) is 66.2 Å². The largest absolute Gasteiger partial charge is 0.463 e. The Bertz CT molecular complexity index is 308. The first-order chi connectivity index (χ1) is 7.83. The normalized spacial score (nSPS) is 40.5. The number of fused-ring (bicyclic) bond motifs is 1. The van der Waals surface area contributed by atoms with Gasteiger partial charge in [0, 0.05) is 6.92 Å². The summed E-state index contributed by atoms with van der Waals surface area (Å²) in [6, 6.07) is 0. The molecule has 2 rings (SSSR count). The Kier molecular flexibility index (Phi) is 3.26. The Hall–Kier alpha value is -0.530. The third-order valence-corrected chi connectivity index (χ3v) is 5.16. The number of rotatable bonds is 1. The Labute approximate surface area is 105 Å². The summed E-state index contributed by atoms with van der Waals surface area (Å²) in [5, 5.41) is 0. The van der Waals surface area contributed by atoms with E-state index in [1.807, 2.05) is 0 Å². The van der Waals surface area contributed by atoms with Crippen molar-refractivity contribution in [3.8, 4) is 0 Å². The molecule has 0 heterocycles. The molecule has 0 unspecified atom stereocenters. The Morgan fingerprint density at radius 3 is 2.53 bits per heavy atom. The van der Waals surface area contributed by atoms with E-state index in [0.717, 1.165) is 18.8 Å². The van der Waals surface area contributed by atoms with Crippen molar-refractivity contribution in [2.45, 2.75) is 72.3 Å². The van der Waals surface area contributed by atoms with Gasteiger partial charge in [-0.2, -0.15) is 0 Å². The van der Waals surface area contributed by atoms with Gasteiger partial charge in [-0.3, -0.25) is 4.79 Å². The Morgan fingerprint density at radius 1 is 1.18 bits per heavy atom. The van der Waals surface area contributed by atoms with Gasteiger partial charge in [-0.25, -0.2) is 0 Å². The highest BCUT2D eigenvalue weighted by atomic mass is 16.5. The molecule has 3 atom stereocenters. The first kappa shape index (κ1) is 12.9. The average Bonchev–Trinajstić information content (AvgIpc) is 2.13. The van der Waals surface area contributed by atoms with Crippen molar-refractivity contribution in [3.05, 3.63) is 0 Å². The molecule has 0 aromatic rings. The van der Waals surface area contributed by atoms with Crippen molar-refractivity contribution >= 4 is 5.97 Å². The molecule has 0 aliphatic heterocycles. The van der Waals surface area contributed by atoms with Gasteiger partial charge in [0.2, 0.25) is 0 Å². The van der Waals surface area contributed by atoms with E-state index < -0.39 is 0 Å². The van der Waals surface area contributed by atoms with E-state index in [2.05, 4.69) is 20.8 Å². The molecule has 0 N–H and O–H groups in total. The number of hydrogen-bond donors (Lipinski definition) is 0. The molecule has 2 heteroatoms. The van der Waals surface area contributed by atoms with Crippen molar-refractivity contribution in [2.24, 2.45) is 16.7 Å². The van der Waals surface area contributed by atoms with Gasteiger partial charge in [-0.1, -0.05) is 27.2 Å². The van der Waals surface area contributed by atoms with E-state index >= 15 is 0 Å². The van der Waals surface area contributed by atoms with Crippen LogP contribution < -0.4 is 0 Å². The second-order valence-electron chi connectivity index (χ2n) is 7.06. The number of ether oxygens (including phenoxy) is 1. The molecule has 2 nitrogen and oxygen atoms in total. The molecule has 2 fully saturated rings. The van der Waals surface area contributed by atoms with Gasteiger partial charge >= 0.3 is 5.97 Å². The fourth-order valence-electron chi connectivity index (χ4n) is 4.53. The van der Waals surface area contributed by atoms with Gasteiger partial charge in [0.05, 0.1) is 0 Å². The van der Waals surface area contributed by atoms with E-state index in [0.29, 0.717) is 10.8 Å². The lowest BCUT2D eigenvalue weighted by atomic mass is 9.51. The maximum Gasteiger partial charge on any atom is 0.302 e. The zero-order valence-electron chi connectivity index (χ0n) is 11.7. The number of hydrogen-bond acceptors (Lipinski definition) is 2. The lowest BCUT2D eigenvalue weighted by Gasteiger charge is -2.55. The van der Waals surface area contributed by atoms with E-state index in [1.54, 1.807) is 0 Å². The van der Waals surface area contributed by atoms with E-state index in [4.69, 9.17) is 4.74 Å². The summed E-state index contributed by atoms with van der Waals surface area (Å²) >= 11 is 0. The molecule has 2 aliphatic rings. The summed E-state index contributed by atoms with van der Waals surface area (Å²) in [5.41, 5.74) is 0.855. The Morgan fingerprint density at radius 2 is 1.88 bits per heavy atom. The standard InChI is InChI=1S/C15H26O2/c1-11(16)17-12-6-7-13-14(2,3)8-5-9-15(13,4)10-12/h12-13H,5-10H2,1-4H3/t12-,13+,15+/m1/s1. The zero-order chi connectivity index (χ0) is 12.7. The minimum atomic E-state index is -0.118. The maximum atomic E-state index is 11.1. The molecule has 0 spiro atoms. The minimum absolute atomic E-state index is 0.118. The predicted octanol–water partition coefficient (Wildman–Crippen LogP) is 3.93. The number of esters is 1. The van der Waals surface area contributed by atoms with Gasteiger partial charge in [0.15, 0.2) is 0 Å². The van der Waals surface area contributed by atoms with Crippen LogP contribution in [-0.2, 0) is 9.53 Å². The van der Waals surface area contributed by atoms with Crippen LogP contribution in [-0.4, -0.2) is 12.1 Å². The molecule has 0 bridgehead atoms. The topological polar surface area (TPSA) is 26.3 Å². The summed E-state index contributed by atoms with van der Waals surface area (Å²) in [7, 11) is 0. The van der Waals surface area contributed by atoms with Crippen LogP contribution in [0.2, 0.25) is 0 Å². The molecular weight excluding hydrogens is 212 g/mol. The SMILES string of the molecule is CC(=O)O[C@@H]1CC[C@H]2C(C)(C)CCC[C@@]2(C)C1. The van der Waals surface area contributed by atoms with E-state index in [1.165, 1.54) is 32.6 Å². The molecule has 17 heavy (non-hydrogen) atoms. The summed E-state index contributed by atoms with van der Waals surface area (Å²) in [6.07, 6.45) is 7.50. The van der Waals surface area contributed by atoms with Crippen LogP contribution in [0.5, 0.6) is 0 Å². The predicted molar refractivity (Wildman–Crippen MR) is 68.6 cm³/mol. The summed E-state index contributed by atoms with van der Waals surface area (Å²) < 4.78 is 5.43. The lowest BCUT2D eigenvalue weighted by molar-refractivity contribution is -0.155. The van der Waals surface area contributed by atoms with Crippen molar-refractivity contribution in [1.29, 1.82) is 0 Å². The minimum Gasteiger partial charge on any atom is -0.463 e. The molecule has 98 valence electrons. The van der Waals surface area contributed by atoms with Gasteiger partial charge in [-0.15, -0.1) is 0 Å². The first-order valence-electron chi connectivity index (χ1n) is 7.01. The second-order valence-corrected chi connectivity index (χ2v) is 7.06. The van der Waals surface area contributed by atoms with E-state index in [-0.39, 0.29) is 12.1 Å². The molecule has 0 amide bonds. The smallest absolute Gasteiger partial charge is 0.302 e. The van der Waals surface area contributed by atoms with Gasteiger partial charge < -0.3 is 4.74 Å². The highest BCUT2D eigenvalue weighted by Gasteiger charge is 2.49. The van der Waals surface area contributed by atoms with Crippen LogP contribution in [0, 0.1) is 16.7 Å². The highest BCUT2D eigenvalue weighted by molar-refractivity contribution is 5.66. The van der Waals surface area contributed by atoms with Crippen LogP contribution in [0.3, 0.4) is 0 Å². The van der Waals surface area contributed by atoms with Crippen molar-refractivity contribution < 1.29 is 9.53 Å². The molecule has 0 saturated heterocycles. The van der Waals surface area contributed by atoms with Crippen molar-refractivity contribution in [1.82, 2.24) is 0 Å². The Balaban J connectivity index is 2.10. The fourth-order valence-corrected chi connectivity index (χ4v) is 4.53. The van der Waals surface area contributed by atoms with Crippen molar-refractivity contribution in [2.75, 3.05) is 0 Å². The molecule has 0 aromatic carbocycles. The van der Waals surface area contributed by atoms with Gasteiger partial charge in [-0.05, 0) is 48.9 Å². The summed E-state index contributed by atoms with van der Waals surface area (Å²) in [4.78, 5) is 11.1. The molecule has 2 saturated carbocycles. The van der Waals surface area contributed by atoms with Gasteiger partial charge in [0.25, 0.3) is 0 Å². The third kappa shape index (κ3) is 2.51. The first-order valence-corrected chi connectivity index (χ1v) is 7.01. The molecule has 0 aromatic heterocycles. The quantitative estimate of drug-likeness (QED) is 0.647. The maximum absolute atomic E-state index is 11.1. The highest BCUT2D eigenvalue weighted by Crippen LogP contribution is 2.57. The molecular formula is C15H26O2. The monoisotopic (exact) mass is 238 g/mol. The summed E-state index contributed by atoms with van der Waals surface area (Å²) in [6.45, 7) is 8.77. The molecule has 2 aliphatic carbocycles. The van der Waals surface area contributed by atoms with Gasteiger partial charge in [0.1, 0.15) is 6.10 Å².